The van der Waals surface area contributed by atoms with Crippen molar-refractivity contribution in [3.63, 3.8) is 0 Å². The van der Waals surface area contributed by atoms with Gasteiger partial charge in [-0.2, -0.15) is 0 Å². The van der Waals surface area contributed by atoms with Crippen LogP contribution >= 0.6 is 0 Å². The molecule has 6 heteroatoms. The van der Waals surface area contributed by atoms with Crippen LogP contribution < -0.4 is 11.1 Å². The second-order valence-corrected chi connectivity index (χ2v) is 5.86. The quantitative estimate of drug-likeness (QED) is 0.546. The molecule has 4 rings (SSSR count). The van der Waals surface area contributed by atoms with Gasteiger partial charge in [-0.15, -0.1) is 0 Å². The minimum Gasteiger partial charge on any atom is -0.399 e. The number of benzene rings is 2. The van der Waals surface area contributed by atoms with Crippen LogP contribution in [0.25, 0.3) is 33.4 Å². The van der Waals surface area contributed by atoms with Crippen LogP contribution in [0.5, 0.6) is 0 Å². The molecule has 2 aromatic carbocycles. The number of nitrogen functional groups attached to an aromatic ring is 1. The molecule has 0 atom stereocenters. The fraction of sp³-hybridized carbons (Fsp3) is 0.0500. The molecule has 0 spiro atoms. The maximum Gasteiger partial charge on any atom is 0.163 e. The monoisotopic (exact) mass is 345 g/mol. The molecule has 4 aromatic rings. The maximum atomic E-state index is 14.3. The van der Waals surface area contributed by atoms with Gasteiger partial charge in [0.05, 0.1) is 5.52 Å². The molecule has 0 saturated carbocycles. The molecule has 0 aliphatic rings. The van der Waals surface area contributed by atoms with Crippen LogP contribution in [0.15, 0.2) is 60.9 Å². The molecule has 0 aliphatic carbocycles. The van der Waals surface area contributed by atoms with Crippen molar-refractivity contribution in [2.45, 2.75) is 0 Å². The molecule has 3 N–H and O–H groups in total. The molecule has 0 saturated heterocycles. The number of hydrogen-bond donors (Lipinski definition) is 2. The summed E-state index contributed by atoms with van der Waals surface area (Å²) in [5.41, 5.74) is 8.86. The number of pyridine rings is 1. The van der Waals surface area contributed by atoms with Crippen LogP contribution in [0, 0.1) is 5.82 Å². The van der Waals surface area contributed by atoms with Crippen LogP contribution in [-0.2, 0) is 0 Å². The Morgan fingerprint density at radius 1 is 1.00 bits per heavy atom. The molecule has 5 nitrogen and oxygen atoms in total. The zero-order valence-electron chi connectivity index (χ0n) is 14.1. The lowest BCUT2D eigenvalue weighted by atomic mass is 10.0. The third kappa shape index (κ3) is 2.82. The summed E-state index contributed by atoms with van der Waals surface area (Å²) >= 11 is 0. The van der Waals surface area contributed by atoms with Gasteiger partial charge in [-0.25, -0.2) is 14.4 Å². The summed E-state index contributed by atoms with van der Waals surface area (Å²) in [6.07, 6.45) is 3.43. The van der Waals surface area contributed by atoms with Crippen molar-refractivity contribution in [3.05, 3.63) is 66.7 Å². The van der Waals surface area contributed by atoms with Crippen molar-refractivity contribution in [3.8, 4) is 22.5 Å². The predicted octanol–water partition coefficient (Wildman–Crippen LogP) is 4.12. The first-order valence-corrected chi connectivity index (χ1v) is 8.11. The van der Waals surface area contributed by atoms with Gasteiger partial charge in [0, 0.05) is 41.6 Å². The van der Waals surface area contributed by atoms with Crippen LogP contribution in [0.2, 0.25) is 0 Å². The second kappa shape index (κ2) is 6.40. The van der Waals surface area contributed by atoms with E-state index in [9.17, 15) is 4.39 Å². The minimum atomic E-state index is -0.358. The largest absolute Gasteiger partial charge is 0.399 e. The SMILES string of the molecule is CNc1nc(-c2cccnc2)nc2ccc(-c3ccc(N)cc3F)cc12. The van der Waals surface area contributed by atoms with E-state index < -0.39 is 0 Å². The highest BCUT2D eigenvalue weighted by Crippen LogP contribution is 2.31. The Labute approximate surface area is 149 Å². The number of nitrogens with one attached hydrogen (secondary N) is 1. The molecule has 0 unspecified atom stereocenters. The first-order chi connectivity index (χ1) is 12.7. The average molecular weight is 345 g/mol. The molecule has 128 valence electrons. The van der Waals surface area contributed by atoms with Crippen LogP contribution in [0.1, 0.15) is 0 Å². The van der Waals surface area contributed by atoms with E-state index in [0.29, 0.717) is 22.9 Å². The van der Waals surface area contributed by atoms with Gasteiger partial charge >= 0.3 is 0 Å². The summed E-state index contributed by atoms with van der Waals surface area (Å²) in [6, 6.07) is 14.0. The number of aromatic nitrogens is 3. The van der Waals surface area contributed by atoms with E-state index in [2.05, 4.69) is 20.3 Å². The topological polar surface area (TPSA) is 76.7 Å². The molecule has 0 radical (unpaired) electrons. The molecule has 2 aromatic heterocycles. The number of fused-ring (bicyclic) bond motifs is 1. The van der Waals surface area contributed by atoms with Crippen molar-refractivity contribution in [1.82, 2.24) is 15.0 Å². The lowest BCUT2D eigenvalue weighted by Crippen LogP contribution is -1.99. The first-order valence-electron chi connectivity index (χ1n) is 8.11. The van der Waals surface area contributed by atoms with Crippen molar-refractivity contribution < 1.29 is 4.39 Å². The molecule has 26 heavy (non-hydrogen) atoms. The summed E-state index contributed by atoms with van der Waals surface area (Å²) in [6.45, 7) is 0. The van der Waals surface area contributed by atoms with E-state index in [1.54, 1.807) is 31.6 Å². The van der Waals surface area contributed by atoms with Crippen molar-refractivity contribution in [2.75, 3.05) is 18.1 Å². The van der Waals surface area contributed by atoms with Gasteiger partial charge in [-0.1, -0.05) is 6.07 Å². The smallest absolute Gasteiger partial charge is 0.163 e. The molecular formula is C20H16FN5. The van der Waals surface area contributed by atoms with E-state index >= 15 is 0 Å². The van der Waals surface area contributed by atoms with E-state index in [-0.39, 0.29) is 5.82 Å². The molecule has 0 bridgehead atoms. The molecule has 0 aliphatic heterocycles. The van der Waals surface area contributed by atoms with Gasteiger partial charge in [-0.3, -0.25) is 4.98 Å². The summed E-state index contributed by atoms with van der Waals surface area (Å²) in [7, 11) is 1.80. The highest BCUT2D eigenvalue weighted by atomic mass is 19.1. The van der Waals surface area contributed by atoms with Crippen LogP contribution in [0.4, 0.5) is 15.9 Å². The number of nitrogens with two attached hydrogens (primary N) is 1. The van der Waals surface area contributed by atoms with Crippen molar-refractivity contribution in [1.29, 1.82) is 0 Å². The van der Waals surface area contributed by atoms with Crippen molar-refractivity contribution >= 4 is 22.4 Å². The highest BCUT2D eigenvalue weighted by Gasteiger charge is 2.12. The number of nitrogens with zero attached hydrogens (tertiary/aromatic N) is 3. The third-order valence-corrected chi connectivity index (χ3v) is 4.16. The zero-order chi connectivity index (χ0) is 18.1. The Hall–Kier alpha value is -3.54. The minimum absolute atomic E-state index is 0.358. The lowest BCUT2D eigenvalue weighted by Gasteiger charge is -2.11. The Kier molecular flexibility index (Phi) is 3.93. The molecule has 0 amide bonds. The summed E-state index contributed by atoms with van der Waals surface area (Å²) < 4.78 is 14.3. The number of halogens is 1. The van der Waals surface area contributed by atoms with E-state index in [0.717, 1.165) is 22.0 Å². The van der Waals surface area contributed by atoms with Gasteiger partial charge in [0.25, 0.3) is 0 Å². The van der Waals surface area contributed by atoms with Gasteiger partial charge in [0.1, 0.15) is 11.6 Å². The van der Waals surface area contributed by atoms with Gasteiger partial charge < -0.3 is 11.1 Å². The molecular weight excluding hydrogens is 329 g/mol. The number of rotatable bonds is 3. The summed E-state index contributed by atoms with van der Waals surface area (Å²) in [5, 5.41) is 3.91. The van der Waals surface area contributed by atoms with E-state index in [1.807, 2.05) is 30.3 Å². The number of anilines is 2. The van der Waals surface area contributed by atoms with Crippen molar-refractivity contribution in [2.24, 2.45) is 0 Å². The molecule has 2 heterocycles. The highest BCUT2D eigenvalue weighted by molar-refractivity contribution is 5.94. The molecule has 0 fully saturated rings. The van der Waals surface area contributed by atoms with Crippen LogP contribution in [-0.4, -0.2) is 22.0 Å². The van der Waals surface area contributed by atoms with Gasteiger partial charge in [0.2, 0.25) is 0 Å². The fourth-order valence-electron chi connectivity index (χ4n) is 2.88. The Balaban J connectivity index is 1.88. The third-order valence-electron chi connectivity index (χ3n) is 4.16. The van der Waals surface area contributed by atoms with Gasteiger partial charge in [0.15, 0.2) is 5.82 Å². The first kappa shape index (κ1) is 16.0. The average Bonchev–Trinajstić information content (AvgIpc) is 2.67. The lowest BCUT2D eigenvalue weighted by molar-refractivity contribution is 0.632. The zero-order valence-corrected chi connectivity index (χ0v) is 14.1. The number of hydrogen-bond acceptors (Lipinski definition) is 5. The predicted molar refractivity (Wildman–Crippen MR) is 102 cm³/mol. The Morgan fingerprint density at radius 3 is 2.62 bits per heavy atom. The Morgan fingerprint density at radius 2 is 1.88 bits per heavy atom. The van der Waals surface area contributed by atoms with Gasteiger partial charge in [-0.05, 0) is 48.0 Å². The standard InChI is InChI=1S/C20H16FN5/c1-23-20-16-9-12(15-6-5-14(22)10-17(15)21)4-7-18(16)25-19(26-20)13-3-2-8-24-11-13/h2-11H,22H2,1H3,(H,23,25,26). The maximum absolute atomic E-state index is 14.3. The summed E-state index contributed by atoms with van der Waals surface area (Å²) in [5.74, 6) is 0.899. The van der Waals surface area contributed by atoms with Crippen LogP contribution in [0.3, 0.4) is 0 Å². The van der Waals surface area contributed by atoms with E-state index in [4.69, 9.17) is 5.73 Å². The van der Waals surface area contributed by atoms with E-state index in [1.165, 1.54) is 6.07 Å². The normalized spacial score (nSPS) is 10.8. The fourth-order valence-corrected chi connectivity index (χ4v) is 2.88. The Bertz CT molecular complexity index is 1100. The summed E-state index contributed by atoms with van der Waals surface area (Å²) in [4.78, 5) is 13.3. The second-order valence-electron chi connectivity index (χ2n) is 5.86.